The molecule has 1 unspecified atom stereocenters. The Labute approximate surface area is 105 Å². The van der Waals surface area contributed by atoms with E-state index in [1.54, 1.807) is 12.1 Å². The van der Waals surface area contributed by atoms with Gasteiger partial charge in [0.25, 0.3) is 0 Å². The number of hydrogen-bond acceptors (Lipinski definition) is 5. The van der Waals surface area contributed by atoms with Crippen LogP contribution in [0, 0.1) is 21.4 Å². The lowest BCUT2D eigenvalue weighted by atomic mass is 10.1. The molecule has 0 saturated carbocycles. The summed E-state index contributed by atoms with van der Waals surface area (Å²) in [5.41, 5.74) is 0.357. The summed E-state index contributed by atoms with van der Waals surface area (Å²) < 4.78 is 0. The molecule has 94 valence electrons. The number of nitrogens with one attached hydrogen (secondary N) is 2. The Morgan fingerprint density at radius 3 is 3.06 bits per heavy atom. The Hall–Kier alpha value is -2.13. The highest BCUT2D eigenvalue weighted by atomic mass is 16.6. The van der Waals surface area contributed by atoms with Crippen LogP contribution >= 0.6 is 0 Å². The lowest BCUT2D eigenvalue weighted by Crippen LogP contribution is -2.29. The summed E-state index contributed by atoms with van der Waals surface area (Å²) in [7, 11) is 0. The lowest BCUT2D eigenvalue weighted by Gasteiger charge is -2.12. The minimum absolute atomic E-state index is 0.0874. The highest BCUT2D eigenvalue weighted by molar-refractivity contribution is 5.68. The average Bonchev–Trinajstić information content (AvgIpc) is 2.88. The van der Waals surface area contributed by atoms with E-state index < -0.39 is 4.92 Å². The zero-order chi connectivity index (χ0) is 13.0. The van der Waals surface area contributed by atoms with E-state index in [2.05, 4.69) is 10.6 Å². The van der Waals surface area contributed by atoms with Crippen molar-refractivity contribution in [3.05, 3.63) is 33.9 Å². The summed E-state index contributed by atoms with van der Waals surface area (Å²) in [5.74, 6) is 0. The molecule has 1 aromatic carbocycles. The van der Waals surface area contributed by atoms with Crippen molar-refractivity contribution in [3.63, 3.8) is 0 Å². The lowest BCUT2D eigenvalue weighted by molar-refractivity contribution is -0.384. The van der Waals surface area contributed by atoms with Gasteiger partial charge < -0.3 is 10.6 Å². The maximum atomic E-state index is 11.0. The van der Waals surface area contributed by atoms with E-state index in [-0.39, 0.29) is 11.3 Å². The fourth-order valence-electron chi connectivity index (χ4n) is 2.14. The maximum Gasteiger partial charge on any atom is 0.309 e. The van der Waals surface area contributed by atoms with Crippen LogP contribution in [0.1, 0.15) is 18.4 Å². The van der Waals surface area contributed by atoms with Gasteiger partial charge in [-0.25, -0.2) is 0 Å². The highest BCUT2D eigenvalue weighted by Crippen LogP contribution is 2.28. The van der Waals surface area contributed by atoms with E-state index in [0.29, 0.717) is 18.3 Å². The number of rotatable bonds is 4. The van der Waals surface area contributed by atoms with E-state index in [0.717, 1.165) is 19.4 Å². The van der Waals surface area contributed by atoms with E-state index in [4.69, 9.17) is 5.26 Å². The van der Waals surface area contributed by atoms with Crippen LogP contribution in [0.3, 0.4) is 0 Å². The number of hydrogen-bond donors (Lipinski definition) is 2. The Kier molecular flexibility index (Phi) is 3.75. The second-order valence-electron chi connectivity index (χ2n) is 4.24. The van der Waals surface area contributed by atoms with E-state index in [1.165, 1.54) is 6.07 Å². The topological polar surface area (TPSA) is 91.0 Å². The Morgan fingerprint density at radius 1 is 1.61 bits per heavy atom. The Balaban J connectivity index is 2.16. The van der Waals surface area contributed by atoms with E-state index in [9.17, 15) is 10.1 Å². The van der Waals surface area contributed by atoms with Gasteiger partial charge in [-0.15, -0.1) is 0 Å². The van der Waals surface area contributed by atoms with Crippen molar-refractivity contribution in [1.29, 1.82) is 5.26 Å². The standard InChI is InChI=1S/C12H14N4O2/c13-7-9-3-1-5-11(12(9)16(17)18)15-8-10-4-2-6-14-10/h1,3,5,10,14-15H,2,4,6,8H2. The van der Waals surface area contributed by atoms with Gasteiger partial charge in [0.05, 0.1) is 4.92 Å². The monoisotopic (exact) mass is 246 g/mol. The molecule has 1 atom stereocenters. The summed E-state index contributed by atoms with van der Waals surface area (Å²) >= 11 is 0. The molecule has 1 aromatic rings. The second kappa shape index (κ2) is 5.47. The van der Waals surface area contributed by atoms with Crippen molar-refractivity contribution in [2.45, 2.75) is 18.9 Å². The van der Waals surface area contributed by atoms with Crippen molar-refractivity contribution in [3.8, 4) is 6.07 Å². The molecule has 0 spiro atoms. The molecule has 2 N–H and O–H groups in total. The van der Waals surface area contributed by atoms with Crippen LogP contribution in [0.15, 0.2) is 18.2 Å². The molecule has 0 bridgehead atoms. The van der Waals surface area contributed by atoms with Gasteiger partial charge in [0, 0.05) is 12.6 Å². The van der Waals surface area contributed by atoms with Gasteiger partial charge in [0.2, 0.25) is 0 Å². The summed E-state index contributed by atoms with van der Waals surface area (Å²) in [4.78, 5) is 10.5. The van der Waals surface area contributed by atoms with Crippen molar-refractivity contribution in [2.75, 3.05) is 18.4 Å². The second-order valence-corrected chi connectivity index (χ2v) is 4.24. The van der Waals surface area contributed by atoms with Gasteiger partial charge >= 0.3 is 5.69 Å². The first-order valence-electron chi connectivity index (χ1n) is 5.87. The fourth-order valence-corrected chi connectivity index (χ4v) is 2.14. The number of nitro groups is 1. The molecule has 6 heteroatoms. The summed E-state index contributed by atoms with van der Waals surface area (Å²) in [6, 6.07) is 6.93. The molecule has 0 aromatic heterocycles. The molecule has 1 aliphatic heterocycles. The highest BCUT2D eigenvalue weighted by Gasteiger charge is 2.21. The minimum atomic E-state index is -0.511. The average molecular weight is 246 g/mol. The number of anilines is 1. The third kappa shape index (κ3) is 2.57. The SMILES string of the molecule is N#Cc1cccc(NCC2CCCN2)c1[N+](=O)[O-]. The molecule has 1 saturated heterocycles. The quantitative estimate of drug-likeness (QED) is 0.622. The molecule has 2 rings (SSSR count). The van der Waals surface area contributed by atoms with Crippen molar-refractivity contribution >= 4 is 11.4 Å². The number of para-hydroxylation sites is 1. The maximum absolute atomic E-state index is 11.0. The molecule has 18 heavy (non-hydrogen) atoms. The minimum Gasteiger partial charge on any atom is -0.378 e. The third-order valence-corrected chi connectivity index (χ3v) is 3.04. The van der Waals surface area contributed by atoms with Crippen LogP contribution in [0.4, 0.5) is 11.4 Å². The predicted molar refractivity (Wildman–Crippen MR) is 67.3 cm³/mol. The Morgan fingerprint density at radius 2 is 2.44 bits per heavy atom. The van der Waals surface area contributed by atoms with Gasteiger partial charge in [-0.1, -0.05) is 6.07 Å². The van der Waals surface area contributed by atoms with Crippen molar-refractivity contribution < 1.29 is 4.92 Å². The van der Waals surface area contributed by atoms with E-state index in [1.807, 2.05) is 6.07 Å². The summed E-state index contributed by atoms with van der Waals surface area (Å²) in [5, 5.41) is 26.2. The van der Waals surface area contributed by atoms with Gasteiger partial charge in [-0.3, -0.25) is 10.1 Å². The normalized spacial score (nSPS) is 18.3. The molecule has 1 aliphatic rings. The van der Waals surface area contributed by atoms with Crippen LogP contribution in [0.2, 0.25) is 0 Å². The third-order valence-electron chi connectivity index (χ3n) is 3.04. The van der Waals surface area contributed by atoms with Gasteiger partial charge in [-0.05, 0) is 31.5 Å². The van der Waals surface area contributed by atoms with Crippen LogP contribution in [0.25, 0.3) is 0 Å². The predicted octanol–water partition coefficient (Wildman–Crippen LogP) is 1.63. The number of nitro benzene ring substituents is 1. The van der Waals surface area contributed by atoms with Gasteiger partial charge in [0.15, 0.2) is 0 Å². The molecule has 0 amide bonds. The Bertz CT molecular complexity index is 489. The number of nitrogens with zero attached hydrogens (tertiary/aromatic N) is 2. The van der Waals surface area contributed by atoms with Crippen LogP contribution in [-0.2, 0) is 0 Å². The largest absolute Gasteiger partial charge is 0.378 e. The molecule has 0 aliphatic carbocycles. The van der Waals surface area contributed by atoms with Crippen molar-refractivity contribution in [2.24, 2.45) is 0 Å². The smallest absolute Gasteiger partial charge is 0.309 e. The molecule has 6 nitrogen and oxygen atoms in total. The summed E-state index contributed by atoms with van der Waals surface area (Å²) in [6.45, 7) is 1.63. The molecule has 1 fully saturated rings. The van der Waals surface area contributed by atoms with Crippen molar-refractivity contribution in [1.82, 2.24) is 5.32 Å². The van der Waals surface area contributed by atoms with Crippen LogP contribution in [-0.4, -0.2) is 24.1 Å². The zero-order valence-electron chi connectivity index (χ0n) is 9.85. The molecular formula is C12H14N4O2. The first-order valence-corrected chi connectivity index (χ1v) is 5.87. The van der Waals surface area contributed by atoms with Gasteiger partial charge in [0.1, 0.15) is 17.3 Å². The molecular weight excluding hydrogens is 232 g/mol. The van der Waals surface area contributed by atoms with Gasteiger partial charge in [-0.2, -0.15) is 5.26 Å². The summed E-state index contributed by atoms with van der Waals surface area (Å²) in [6.07, 6.45) is 2.20. The van der Waals surface area contributed by atoms with Crippen LogP contribution in [0.5, 0.6) is 0 Å². The number of benzene rings is 1. The molecule has 0 radical (unpaired) electrons. The first kappa shape index (κ1) is 12.3. The first-order chi connectivity index (χ1) is 8.72. The molecule has 1 heterocycles. The van der Waals surface area contributed by atoms with Crippen LogP contribution < -0.4 is 10.6 Å². The van der Waals surface area contributed by atoms with E-state index >= 15 is 0 Å². The fraction of sp³-hybridized carbons (Fsp3) is 0.417. The number of nitriles is 1. The zero-order valence-corrected chi connectivity index (χ0v) is 9.85.